The maximum absolute atomic E-state index is 12.3. The van der Waals surface area contributed by atoms with Crippen molar-refractivity contribution in [2.24, 2.45) is 5.92 Å². The normalized spacial score (nSPS) is 11.9. The molecule has 0 aromatic heterocycles. The van der Waals surface area contributed by atoms with Crippen LogP contribution in [0.2, 0.25) is 0 Å². The topological polar surface area (TPSA) is 79.2 Å². The van der Waals surface area contributed by atoms with Gasteiger partial charge in [0, 0.05) is 11.3 Å². The number of para-hydroxylation sites is 1. The lowest BCUT2D eigenvalue weighted by molar-refractivity contribution is -0.274. The number of benzene rings is 2. The Morgan fingerprint density at radius 1 is 1.04 bits per heavy atom. The fourth-order valence-electron chi connectivity index (χ4n) is 1.96. The van der Waals surface area contributed by atoms with E-state index in [9.17, 15) is 22.8 Å². The van der Waals surface area contributed by atoms with Gasteiger partial charge in [0.25, 0.3) is 0 Å². The molecular weight excluding hydrogens is 337 g/mol. The van der Waals surface area contributed by atoms with Crippen molar-refractivity contribution >= 4 is 17.4 Å². The van der Waals surface area contributed by atoms with Crippen LogP contribution in [-0.4, -0.2) is 18.1 Å². The molecule has 0 aliphatic heterocycles. The van der Waals surface area contributed by atoms with E-state index in [1.165, 1.54) is 0 Å². The standard InChI is InChI=1S/C17H11F3N2O3/c18-17(19,20)25-13-8-6-11(7-9-13)15(23)14(10-21)16(24)22-12-4-2-1-3-5-12/h1-9,14H,(H,22,24)/t14-/m0/s1. The summed E-state index contributed by atoms with van der Waals surface area (Å²) in [6, 6.07) is 13.8. The van der Waals surface area contributed by atoms with Crippen LogP contribution in [0.25, 0.3) is 0 Å². The average molecular weight is 348 g/mol. The first-order valence-corrected chi connectivity index (χ1v) is 6.96. The summed E-state index contributed by atoms with van der Waals surface area (Å²) < 4.78 is 40.0. The summed E-state index contributed by atoms with van der Waals surface area (Å²) in [5.41, 5.74) is 0.332. The predicted molar refractivity (Wildman–Crippen MR) is 81.6 cm³/mol. The van der Waals surface area contributed by atoms with Gasteiger partial charge in [0.05, 0.1) is 6.07 Å². The van der Waals surface area contributed by atoms with Crippen molar-refractivity contribution < 1.29 is 27.5 Å². The number of hydrogen-bond acceptors (Lipinski definition) is 4. The highest BCUT2D eigenvalue weighted by Crippen LogP contribution is 2.23. The number of halogens is 3. The molecule has 0 heterocycles. The van der Waals surface area contributed by atoms with Gasteiger partial charge in [-0.15, -0.1) is 13.2 Å². The van der Waals surface area contributed by atoms with Gasteiger partial charge in [-0.05, 0) is 36.4 Å². The molecule has 2 aromatic carbocycles. The van der Waals surface area contributed by atoms with Gasteiger partial charge in [0.1, 0.15) is 5.75 Å². The van der Waals surface area contributed by atoms with Crippen molar-refractivity contribution in [1.29, 1.82) is 5.26 Å². The van der Waals surface area contributed by atoms with Crippen LogP contribution in [0.15, 0.2) is 54.6 Å². The van der Waals surface area contributed by atoms with Crippen LogP contribution in [0.4, 0.5) is 18.9 Å². The number of nitrogens with one attached hydrogen (secondary N) is 1. The lowest BCUT2D eigenvalue weighted by Crippen LogP contribution is -2.28. The molecule has 1 amide bonds. The van der Waals surface area contributed by atoms with Crippen LogP contribution >= 0.6 is 0 Å². The van der Waals surface area contributed by atoms with Crippen molar-refractivity contribution in [3.05, 3.63) is 60.2 Å². The second-order valence-electron chi connectivity index (χ2n) is 4.85. The number of Topliss-reactive ketones (excluding diaryl/α,β-unsaturated/α-hetero) is 1. The number of alkyl halides is 3. The first kappa shape index (κ1) is 18.0. The van der Waals surface area contributed by atoms with E-state index in [0.717, 1.165) is 24.3 Å². The van der Waals surface area contributed by atoms with Crippen LogP contribution < -0.4 is 10.1 Å². The lowest BCUT2D eigenvalue weighted by Gasteiger charge is -2.11. The smallest absolute Gasteiger partial charge is 0.406 e. The zero-order valence-electron chi connectivity index (χ0n) is 12.6. The van der Waals surface area contributed by atoms with E-state index in [0.29, 0.717) is 5.69 Å². The van der Waals surface area contributed by atoms with E-state index in [4.69, 9.17) is 5.26 Å². The molecule has 0 bridgehead atoms. The fraction of sp³-hybridized carbons (Fsp3) is 0.118. The highest BCUT2D eigenvalue weighted by Gasteiger charge is 2.31. The largest absolute Gasteiger partial charge is 0.573 e. The minimum absolute atomic E-state index is 0.0794. The molecule has 0 saturated carbocycles. The number of ketones is 1. The van der Waals surface area contributed by atoms with E-state index in [1.807, 2.05) is 0 Å². The Balaban J connectivity index is 2.11. The van der Waals surface area contributed by atoms with Gasteiger partial charge in [0.15, 0.2) is 11.7 Å². The van der Waals surface area contributed by atoms with Gasteiger partial charge < -0.3 is 10.1 Å². The van der Waals surface area contributed by atoms with Gasteiger partial charge >= 0.3 is 6.36 Å². The zero-order valence-corrected chi connectivity index (χ0v) is 12.6. The summed E-state index contributed by atoms with van der Waals surface area (Å²) in [5.74, 6) is -3.79. The molecule has 0 fully saturated rings. The van der Waals surface area contributed by atoms with E-state index in [1.54, 1.807) is 36.4 Å². The molecule has 1 N–H and O–H groups in total. The van der Waals surface area contributed by atoms with Gasteiger partial charge in [0.2, 0.25) is 5.91 Å². The molecule has 2 rings (SSSR count). The third kappa shape index (κ3) is 5.07. The van der Waals surface area contributed by atoms with E-state index in [-0.39, 0.29) is 5.56 Å². The van der Waals surface area contributed by atoms with E-state index >= 15 is 0 Å². The quantitative estimate of drug-likeness (QED) is 0.662. The summed E-state index contributed by atoms with van der Waals surface area (Å²) in [4.78, 5) is 24.3. The Morgan fingerprint density at radius 3 is 2.16 bits per heavy atom. The number of hydrogen-bond donors (Lipinski definition) is 1. The maximum atomic E-state index is 12.3. The molecule has 0 saturated heterocycles. The first-order chi connectivity index (χ1) is 11.8. The fourth-order valence-corrected chi connectivity index (χ4v) is 1.96. The van der Waals surface area contributed by atoms with Crippen molar-refractivity contribution in [2.75, 3.05) is 5.32 Å². The summed E-state index contributed by atoms with van der Waals surface area (Å²) in [6.07, 6.45) is -4.85. The molecule has 5 nitrogen and oxygen atoms in total. The number of anilines is 1. The highest BCUT2D eigenvalue weighted by atomic mass is 19.4. The molecule has 0 spiro atoms. The second kappa shape index (κ2) is 7.49. The Bertz CT molecular complexity index is 797. The Labute approximate surface area is 140 Å². The van der Waals surface area contributed by atoms with Gasteiger partial charge in [-0.1, -0.05) is 18.2 Å². The molecule has 2 aromatic rings. The number of nitrogens with zero attached hydrogens (tertiary/aromatic N) is 1. The number of ether oxygens (including phenoxy) is 1. The highest BCUT2D eigenvalue weighted by molar-refractivity contribution is 6.15. The SMILES string of the molecule is N#C[C@H](C(=O)Nc1ccccc1)C(=O)c1ccc(OC(F)(F)F)cc1. The van der Waals surface area contributed by atoms with Crippen LogP contribution in [0.3, 0.4) is 0 Å². The molecule has 1 atom stereocenters. The van der Waals surface area contributed by atoms with Crippen molar-refractivity contribution in [1.82, 2.24) is 0 Å². The van der Waals surface area contributed by atoms with Crippen molar-refractivity contribution in [3.8, 4) is 11.8 Å². The minimum atomic E-state index is -4.85. The van der Waals surface area contributed by atoms with Crippen LogP contribution in [0.5, 0.6) is 5.75 Å². The number of carbonyl (C=O) groups is 2. The number of carbonyl (C=O) groups excluding carboxylic acids is 2. The number of nitriles is 1. The summed E-state index contributed by atoms with van der Waals surface area (Å²) in [6.45, 7) is 0. The van der Waals surface area contributed by atoms with Crippen LogP contribution in [0, 0.1) is 17.2 Å². The molecule has 8 heteroatoms. The molecule has 0 aliphatic rings. The van der Waals surface area contributed by atoms with E-state index in [2.05, 4.69) is 10.1 Å². The lowest BCUT2D eigenvalue weighted by atomic mass is 9.98. The van der Waals surface area contributed by atoms with Crippen LogP contribution in [0.1, 0.15) is 10.4 Å². The first-order valence-electron chi connectivity index (χ1n) is 6.96. The van der Waals surface area contributed by atoms with Crippen molar-refractivity contribution in [2.45, 2.75) is 6.36 Å². The predicted octanol–water partition coefficient (Wildman–Crippen LogP) is 3.55. The summed E-state index contributed by atoms with van der Waals surface area (Å²) >= 11 is 0. The number of rotatable bonds is 5. The van der Waals surface area contributed by atoms with Gasteiger partial charge in [-0.2, -0.15) is 5.26 Å². The minimum Gasteiger partial charge on any atom is -0.406 e. The molecule has 128 valence electrons. The Morgan fingerprint density at radius 2 is 1.64 bits per heavy atom. The molecular formula is C17H11F3N2O3. The second-order valence-corrected chi connectivity index (χ2v) is 4.85. The van der Waals surface area contributed by atoms with Gasteiger partial charge in [-0.3, -0.25) is 9.59 Å². The monoisotopic (exact) mass is 348 g/mol. The zero-order chi connectivity index (χ0) is 18.4. The summed E-state index contributed by atoms with van der Waals surface area (Å²) in [7, 11) is 0. The molecule has 0 radical (unpaired) electrons. The third-order valence-electron chi connectivity index (χ3n) is 3.07. The van der Waals surface area contributed by atoms with Gasteiger partial charge in [-0.25, -0.2) is 0 Å². The van der Waals surface area contributed by atoms with Crippen LogP contribution in [-0.2, 0) is 4.79 Å². The number of amides is 1. The molecule has 0 unspecified atom stereocenters. The third-order valence-corrected chi connectivity index (χ3v) is 3.07. The molecule has 0 aliphatic carbocycles. The van der Waals surface area contributed by atoms with Crippen molar-refractivity contribution in [3.63, 3.8) is 0 Å². The maximum Gasteiger partial charge on any atom is 0.573 e. The van der Waals surface area contributed by atoms with E-state index < -0.39 is 29.7 Å². The Hall–Kier alpha value is -3.34. The summed E-state index contributed by atoms with van der Waals surface area (Å²) in [5, 5.41) is 11.5. The average Bonchev–Trinajstić information content (AvgIpc) is 2.55. The molecule has 25 heavy (non-hydrogen) atoms. The Kier molecular flexibility index (Phi) is 5.39.